The van der Waals surface area contributed by atoms with E-state index in [2.05, 4.69) is 0 Å². The van der Waals surface area contributed by atoms with Crippen LogP contribution in [0.1, 0.15) is 0 Å². The van der Waals surface area contributed by atoms with Crippen LogP contribution in [0.15, 0.2) is 0 Å². The highest BCUT2D eigenvalue weighted by atomic mass is 16.4. The van der Waals surface area contributed by atoms with E-state index in [1.165, 1.54) is 4.91 Å². The molecule has 0 saturated heterocycles. The Bertz CT molecular complexity index is 390. The van der Waals surface area contributed by atoms with Crippen LogP contribution in [0.2, 0.25) is 0 Å². The van der Waals surface area contributed by atoms with E-state index >= 15 is 0 Å². The van der Waals surface area contributed by atoms with Gasteiger partial charge in [-0.2, -0.15) is 0 Å². The second kappa shape index (κ2) is 17.7. The molecule has 0 unspecified atom stereocenters. The van der Waals surface area contributed by atoms with Crippen molar-refractivity contribution in [2.24, 2.45) is 0 Å². The predicted octanol–water partition coefficient (Wildman–Crippen LogP) is -5.89. The Kier molecular flexibility index (Phi) is 19.6. The Morgan fingerprint density at radius 1 is 0.630 bits per heavy atom. The first-order chi connectivity index (χ1) is 12.5. The molecule has 27 heavy (non-hydrogen) atoms. The summed E-state index contributed by atoms with van der Waals surface area (Å²) in [6, 6.07) is 0. The van der Waals surface area contributed by atoms with Gasteiger partial charge in [0, 0.05) is 0 Å². The molecule has 0 aromatic rings. The Balaban J connectivity index is -0.000000372. The molecule has 15 nitrogen and oxygen atoms in total. The molecule has 0 rings (SSSR count). The second-order valence-electron chi connectivity index (χ2n) is 4.81. The Morgan fingerprint density at radius 3 is 1.00 bits per heavy atom. The third-order valence-electron chi connectivity index (χ3n) is 2.84. The summed E-state index contributed by atoms with van der Waals surface area (Å²) in [5, 5.41) is 87.1. The summed E-state index contributed by atoms with van der Waals surface area (Å²) in [6.07, 6.45) is -13.7. The predicted molar refractivity (Wildman–Crippen MR) is 84.4 cm³/mol. The van der Waals surface area contributed by atoms with Gasteiger partial charge in [0.1, 0.15) is 48.8 Å². The summed E-state index contributed by atoms with van der Waals surface area (Å²) in [6.45, 7) is -1.52. The average molecular weight is 402 g/mol. The molecule has 15 heteroatoms. The summed E-state index contributed by atoms with van der Waals surface area (Å²) in [5.74, 6) is 0. The molecule has 0 amide bonds. The number of carbonyl (C=O) groups excluding carboxylic acids is 2. The van der Waals surface area contributed by atoms with Gasteiger partial charge in [-0.25, -0.2) is 0 Å². The van der Waals surface area contributed by atoms with Crippen molar-refractivity contribution in [3.05, 3.63) is 16.0 Å². The standard InChI is InChI=1S/2C6H12O6.N3/c2*7-1-3(9)5(11)6(12)4(10)2-8;1-3-2/h2*1,3-6,8-12H,2H2;/q;;-1/t2*3-,4+,5+,6+;/m00./s1. The van der Waals surface area contributed by atoms with Crippen LogP contribution < -0.4 is 0 Å². The third-order valence-corrected chi connectivity index (χ3v) is 2.84. The van der Waals surface area contributed by atoms with E-state index < -0.39 is 62.0 Å². The minimum absolute atomic E-state index is 0.0258. The molecule has 0 aromatic heterocycles. The van der Waals surface area contributed by atoms with Gasteiger partial charge in [0.15, 0.2) is 12.6 Å². The van der Waals surface area contributed by atoms with Crippen LogP contribution in [0.25, 0.3) is 16.0 Å². The van der Waals surface area contributed by atoms with Crippen molar-refractivity contribution in [2.75, 3.05) is 13.2 Å². The molecule has 0 aliphatic rings. The van der Waals surface area contributed by atoms with Gasteiger partial charge in [-0.05, 0) is 0 Å². The molecular weight excluding hydrogens is 378 g/mol. The minimum Gasteiger partial charge on any atom is -0.394 e. The van der Waals surface area contributed by atoms with Crippen LogP contribution in [0, 0.1) is 0 Å². The van der Waals surface area contributed by atoms with Crippen molar-refractivity contribution in [3.63, 3.8) is 0 Å². The first-order valence-corrected chi connectivity index (χ1v) is 7.05. The zero-order valence-corrected chi connectivity index (χ0v) is 13.8. The summed E-state index contributed by atoms with van der Waals surface area (Å²) in [7, 11) is 0. The summed E-state index contributed by atoms with van der Waals surface area (Å²) in [4.78, 5) is 21.3. The molecule has 0 aromatic carbocycles. The highest BCUT2D eigenvalue weighted by Crippen LogP contribution is 2.03. The summed E-state index contributed by atoms with van der Waals surface area (Å²) >= 11 is 0. The van der Waals surface area contributed by atoms with Gasteiger partial charge in [0.05, 0.1) is 13.2 Å². The van der Waals surface area contributed by atoms with Gasteiger partial charge in [-0.1, -0.05) is 0 Å². The Morgan fingerprint density at radius 2 is 0.852 bits per heavy atom. The topological polar surface area (TPSA) is 295 Å². The van der Waals surface area contributed by atoms with Crippen LogP contribution >= 0.6 is 0 Å². The monoisotopic (exact) mass is 402 g/mol. The van der Waals surface area contributed by atoms with Crippen LogP contribution in [-0.4, -0.2) is 126 Å². The molecule has 10 N–H and O–H groups in total. The van der Waals surface area contributed by atoms with E-state index in [0.29, 0.717) is 0 Å². The van der Waals surface area contributed by atoms with Crippen LogP contribution in [0.4, 0.5) is 0 Å². The molecule has 0 heterocycles. The van der Waals surface area contributed by atoms with Gasteiger partial charge in [-0.3, -0.25) is 4.91 Å². The fraction of sp³-hybridized carbons (Fsp3) is 0.833. The fourth-order valence-corrected chi connectivity index (χ4v) is 1.24. The van der Waals surface area contributed by atoms with Crippen LogP contribution in [-0.2, 0) is 9.59 Å². The van der Waals surface area contributed by atoms with Gasteiger partial charge in [-0.15, -0.1) is 0 Å². The molecule has 0 saturated carbocycles. The lowest BCUT2D eigenvalue weighted by Crippen LogP contribution is -2.46. The number of rotatable bonds is 10. The maximum Gasteiger partial charge on any atom is 0.151 e. The van der Waals surface area contributed by atoms with Gasteiger partial charge in [0.25, 0.3) is 0 Å². The molecule has 160 valence electrons. The molecule has 0 fully saturated rings. The van der Waals surface area contributed by atoms with E-state index in [-0.39, 0.29) is 12.6 Å². The van der Waals surface area contributed by atoms with Crippen molar-refractivity contribution >= 4 is 12.6 Å². The lowest BCUT2D eigenvalue weighted by atomic mass is 10.0. The largest absolute Gasteiger partial charge is 0.394 e. The number of nitrogens with zero attached hydrogens (tertiary/aromatic N) is 3. The molecule has 0 aliphatic carbocycles. The second-order valence-corrected chi connectivity index (χ2v) is 4.81. The lowest BCUT2D eigenvalue weighted by molar-refractivity contribution is -0.136. The fourth-order valence-electron chi connectivity index (χ4n) is 1.24. The highest BCUT2D eigenvalue weighted by molar-refractivity contribution is 5.57. The first kappa shape index (κ1) is 30.0. The summed E-state index contributed by atoms with van der Waals surface area (Å²) in [5.41, 5.74) is 13.5. The molecule has 8 atom stereocenters. The van der Waals surface area contributed by atoms with E-state index in [9.17, 15) is 9.59 Å². The van der Waals surface area contributed by atoms with Crippen LogP contribution in [0.5, 0.6) is 0 Å². The van der Waals surface area contributed by atoms with Crippen molar-refractivity contribution in [1.82, 2.24) is 0 Å². The quantitative estimate of drug-likeness (QED) is 0.0706. The minimum atomic E-state index is -1.79. The van der Waals surface area contributed by atoms with Crippen LogP contribution in [0.3, 0.4) is 0 Å². The third kappa shape index (κ3) is 13.1. The SMILES string of the molecule is O=C[C@H](O)[C@@H](O)[C@H](O)[C@H](O)CO.O=C[C@H](O)[C@@H](O)[C@H](O)[C@H](O)CO.[N-]=[N+]=[N-]. The van der Waals surface area contributed by atoms with E-state index in [0.717, 1.165) is 0 Å². The van der Waals surface area contributed by atoms with Gasteiger partial charge >= 0.3 is 0 Å². The number of aldehydes is 2. The molecule has 0 radical (unpaired) electrons. The van der Waals surface area contributed by atoms with Gasteiger partial charge < -0.3 is 71.7 Å². The summed E-state index contributed by atoms with van der Waals surface area (Å²) < 4.78 is 0. The molecule has 0 spiro atoms. The zero-order valence-electron chi connectivity index (χ0n) is 13.8. The van der Waals surface area contributed by atoms with E-state index in [1.807, 2.05) is 0 Å². The van der Waals surface area contributed by atoms with Crippen molar-refractivity contribution in [1.29, 1.82) is 0 Å². The highest BCUT2D eigenvalue weighted by Gasteiger charge is 2.30. The Hall–Kier alpha value is -1.75. The van der Waals surface area contributed by atoms with Crippen molar-refractivity contribution in [3.8, 4) is 0 Å². The number of carbonyl (C=O) groups is 2. The zero-order chi connectivity index (χ0) is 22.2. The van der Waals surface area contributed by atoms with Crippen molar-refractivity contribution in [2.45, 2.75) is 48.8 Å². The number of hydrogen-bond acceptors (Lipinski definition) is 12. The number of hydrogen-bond donors (Lipinski definition) is 10. The smallest absolute Gasteiger partial charge is 0.151 e. The first-order valence-electron chi connectivity index (χ1n) is 7.05. The van der Waals surface area contributed by atoms with E-state index in [1.54, 1.807) is 0 Å². The normalized spacial score (nSPS) is 19.0. The Labute approximate surface area is 152 Å². The maximum absolute atomic E-state index is 9.90. The maximum atomic E-state index is 9.90. The molecule has 0 bridgehead atoms. The average Bonchev–Trinajstić information content (AvgIpc) is 2.69. The number of aliphatic hydroxyl groups is 10. The van der Waals surface area contributed by atoms with E-state index in [4.69, 9.17) is 62.1 Å². The van der Waals surface area contributed by atoms with Crippen molar-refractivity contribution < 1.29 is 60.7 Å². The van der Waals surface area contributed by atoms with Gasteiger partial charge in [0.2, 0.25) is 0 Å². The molecule has 0 aliphatic heterocycles. The lowest BCUT2D eigenvalue weighted by Gasteiger charge is -2.22. The molecular formula is C12H24N3O12-. The number of aliphatic hydroxyl groups excluding tert-OH is 10.